The summed E-state index contributed by atoms with van der Waals surface area (Å²) in [5, 5.41) is 3.13. The van der Waals surface area contributed by atoms with Crippen LogP contribution in [-0.2, 0) is 9.59 Å². The van der Waals surface area contributed by atoms with Crippen LogP contribution in [0.5, 0.6) is 5.75 Å². The predicted molar refractivity (Wildman–Crippen MR) is 82.3 cm³/mol. The number of rotatable bonds is 3. The molecule has 0 saturated heterocycles. The summed E-state index contributed by atoms with van der Waals surface area (Å²) in [6, 6.07) is 7.36. The van der Waals surface area contributed by atoms with Crippen LogP contribution in [-0.4, -0.2) is 18.7 Å². The van der Waals surface area contributed by atoms with Crippen LogP contribution < -0.4 is 10.1 Å². The molecule has 0 amide bonds. The number of ketones is 2. The van der Waals surface area contributed by atoms with E-state index in [-0.39, 0.29) is 17.0 Å². The normalized spacial score (nSPS) is 17.6. The standard InChI is InChI=1S/C17H21NO3/c1-11(18-12-5-7-13(21-4)8-6-12)16-14(19)9-17(2,3)10-15(16)20/h5-8,18H,9-10H2,1-4H3. The van der Waals surface area contributed by atoms with E-state index in [0.717, 1.165) is 11.4 Å². The van der Waals surface area contributed by atoms with Crippen LogP contribution in [0.15, 0.2) is 35.5 Å². The molecule has 112 valence electrons. The van der Waals surface area contributed by atoms with Gasteiger partial charge in [0.15, 0.2) is 11.6 Å². The van der Waals surface area contributed by atoms with Gasteiger partial charge in [-0.3, -0.25) is 9.59 Å². The molecule has 0 spiro atoms. The molecule has 1 aliphatic rings. The van der Waals surface area contributed by atoms with Crippen LogP contribution >= 0.6 is 0 Å². The lowest BCUT2D eigenvalue weighted by atomic mass is 9.73. The SMILES string of the molecule is COc1ccc(NC(C)=C2C(=O)CC(C)(C)CC2=O)cc1. The number of anilines is 1. The molecule has 0 atom stereocenters. The molecule has 4 nitrogen and oxygen atoms in total. The average molecular weight is 287 g/mol. The van der Waals surface area contributed by atoms with Crippen molar-refractivity contribution < 1.29 is 14.3 Å². The highest BCUT2D eigenvalue weighted by atomic mass is 16.5. The van der Waals surface area contributed by atoms with Gasteiger partial charge in [-0.2, -0.15) is 0 Å². The second kappa shape index (κ2) is 5.72. The fraction of sp³-hybridized carbons (Fsp3) is 0.412. The Hall–Kier alpha value is -2.10. The molecule has 1 aromatic carbocycles. The first kappa shape index (κ1) is 15.3. The Morgan fingerprint density at radius 3 is 2.10 bits per heavy atom. The molecule has 1 aliphatic carbocycles. The number of Topliss-reactive ketones (excluding diaryl/α,β-unsaturated/α-hetero) is 2. The van der Waals surface area contributed by atoms with Gasteiger partial charge in [-0.05, 0) is 36.6 Å². The van der Waals surface area contributed by atoms with Crippen LogP contribution in [0.1, 0.15) is 33.6 Å². The number of allylic oxidation sites excluding steroid dienone is 2. The number of benzene rings is 1. The first-order valence-electron chi connectivity index (χ1n) is 7.01. The zero-order valence-electron chi connectivity index (χ0n) is 12.9. The topological polar surface area (TPSA) is 55.4 Å². The number of ether oxygens (including phenoxy) is 1. The van der Waals surface area contributed by atoms with Gasteiger partial charge < -0.3 is 10.1 Å². The van der Waals surface area contributed by atoms with Crippen molar-refractivity contribution in [3.05, 3.63) is 35.5 Å². The van der Waals surface area contributed by atoms with Gasteiger partial charge in [0.05, 0.1) is 12.7 Å². The van der Waals surface area contributed by atoms with E-state index in [1.54, 1.807) is 14.0 Å². The lowest BCUT2D eigenvalue weighted by molar-refractivity contribution is -0.127. The maximum atomic E-state index is 12.2. The van der Waals surface area contributed by atoms with Crippen molar-refractivity contribution in [2.24, 2.45) is 5.41 Å². The Balaban J connectivity index is 2.22. The number of carbonyl (C=O) groups excluding carboxylic acids is 2. The summed E-state index contributed by atoms with van der Waals surface area (Å²) in [5.74, 6) is 0.613. The molecule has 0 heterocycles. The summed E-state index contributed by atoms with van der Waals surface area (Å²) in [7, 11) is 1.61. The zero-order valence-corrected chi connectivity index (χ0v) is 12.9. The van der Waals surface area contributed by atoms with E-state index in [0.29, 0.717) is 24.1 Å². The van der Waals surface area contributed by atoms with Gasteiger partial charge in [-0.15, -0.1) is 0 Å². The highest BCUT2D eigenvalue weighted by Gasteiger charge is 2.36. The van der Waals surface area contributed by atoms with Gasteiger partial charge in [0.1, 0.15) is 5.75 Å². The van der Waals surface area contributed by atoms with E-state index in [4.69, 9.17) is 4.74 Å². The van der Waals surface area contributed by atoms with E-state index in [1.807, 2.05) is 38.1 Å². The Morgan fingerprint density at radius 1 is 1.10 bits per heavy atom. The minimum absolute atomic E-state index is 0.0743. The Kier molecular flexibility index (Phi) is 4.16. The molecular weight excluding hydrogens is 266 g/mol. The Labute approximate surface area is 125 Å². The van der Waals surface area contributed by atoms with Crippen molar-refractivity contribution >= 4 is 17.3 Å². The molecule has 0 aromatic heterocycles. The van der Waals surface area contributed by atoms with Crippen LogP contribution in [0, 0.1) is 5.41 Å². The molecule has 2 rings (SSSR count). The third-order valence-corrected chi connectivity index (χ3v) is 3.63. The highest BCUT2D eigenvalue weighted by Crippen LogP contribution is 2.34. The summed E-state index contributed by atoms with van der Waals surface area (Å²) in [6.07, 6.45) is 0.825. The van der Waals surface area contributed by atoms with Gasteiger partial charge in [0.2, 0.25) is 0 Å². The molecule has 1 saturated carbocycles. The third-order valence-electron chi connectivity index (χ3n) is 3.63. The van der Waals surface area contributed by atoms with Crippen LogP contribution in [0.2, 0.25) is 0 Å². The second-order valence-corrected chi connectivity index (χ2v) is 6.22. The molecular formula is C17H21NO3. The van der Waals surface area contributed by atoms with Gasteiger partial charge >= 0.3 is 0 Å². The molecule has 4 heteroatoms. The number of carbonyl (C=O) groups is 2. The van der Waals surface area contributed by atoms with Crippen LogP contribution in [0.4, 0.5) is 5.69 Å². The van der Waals surface area contributed by atoms with Crippen molar-refractivity contribution in [2.45, 2.75) is 33.6 Å². The Bertz CT molecular complexity index is 575. The van der Waals surface area contributed by atoms with Crippen molar-refractivity contribution in [3.63, 3.8) is 0 Å². The van der Waals surface area contributed by atoms with Crippen molar-refractivity contribution in [1.29, 1.82) is 0 Å². The van der Waals surface area contributed by atoms with Crippen LogP contribution in [0.25, 0.3) is 0 Å². The maximum absolute atomic E-state index is 12.2. The van der Waals surface area contributed by atoms with Crippen molar-refractivity contribution in [1.82, 2.24) is 0 Å². The van der Waals surface area contributed by atoms with Crippen molar-refractivity contribution in [2.75, 3.05) is 12.4 Å². The van der Waals surface area contributed by atoms with Gasteiger partial charge in [0.25, 0.3) is 0 Å². The predicted octanol–water partition coefficient (Wildman–Crippen LogP) is 3.34. The van der Waals surface area contributed by atoms with Gasteiger partial charge in [-0.25, -0.2) is 0 Å². The summed E-state index contributed by atoms with van der Waals surface area (Å²) in [5.41, 5.74) is 1.51. The van der Waals surface area contributed by atoms with Crippen molar-refractivity contribution in [3.8, 4) is 5.75 Å². The monoisotopic (exact) mass is 287 g/mol. The van der Waals surface area contributed by atoms with E-state index < -0.39 is 0 Å². The fourth-order valence-electron chi connectivity index (χ4n) is 2.64. The average Bonchev–Trinajstić information content (AvgIpc) is 2.37. The van der Waals surface area contributed by atoms with Gasteiger partial charge in [-0.1, -0.05) is 13.8 Å². The lowest BCUT2D eigenvalue weighted by Gasteiger charge is -2.29. The first-order valence-corrected chi connectivity index (χ1v) is 7.01. The molecule has 1 aromatic rings. The number of hydrogen-bond donors (Lipinski definition) is 1. The summed E-state index contributed by atoms with van der Waals surface area (Å²) >= 11 is 0. The van der Waals surface area contributed by atoms with Crippen LogP contribution in [0.3, 0.4) is 0 Å². The highest BCUT2D eigenvalue weighted by molar-refractivity contribution is 6.23. The molecule has 21 heavy (non-hydrogen) atoms. The van der Waals surface area contributed by atoms with E-state index in [2.05, 4.69) is 5.32 Å². The maximum Gasteiger partial charge on any atom is 0.168 e. The minimum Gasteiger partial charge on any atom is -0.497 e. The van der Waals surface area contributed by atoms with E-state index in [9.17, 15) is 9.59 Å². The van der Waals surface area contributed by atoms with Gasteiger partial charge in [0, 0.05) is 24.2 Å². The molecule has 0 bridgehead atoms. The number of nitrogens with one attached hydrogen (secondary N) is 1. The second-order valence-electron chi connectivity index (χ2n) is 6.22. The molecule has 0 unspecified atom stereocenters. The quantitative estimate of drug-likeness (QED) is 0.684. The van der Waals surface area contributed by atoms with E-state index in [1.165, 1.54) is 0 Å². The largest absolute Gasteiger partial charge is 0.497 e. The smallest absolute Gasteiger partial charge is 0.168 e. The fourth-order valence-corrected chi connectivity index (χ4v) is 2.64. The third kappa shape index (κ3) is 3.51. The molecule has 0 radical (unpaired) electrons. The minimum atomic E-state index is -0.238. The lowest BCUT2D eigenvalue weighted by Crippen LogP contribution is -2.32. The van der Waals surface area contributed by atoms with E-state index >= 15 is 0 Å². The number of hydrogen-bond acceptors (Lipinski definition) is 4. The zero-order chi connectivity index (χ0) is 15.6. The Morgan fingerprint density at radius 2 is 1.62 bits per heavy atom. The molecule has 0 aliphatic heterocycles. The summed E-state index contributed by atoms with van der Waals surface area (Å²) in [6.45, 7) is 5.67. The molecule has 1 N–H and O–H groups in total. The summed E-state index contributed by atoms with van der Waals surface area (Å²) < 4.78 is 5.10. The molecule has 1 fully saturated rings. The number of methoxy groups -OCH3 is 1. The summed E-state index contributed by atoms with van der Waals surface area (Å²) in [4.78, 5) is 24.4. The first-order chi connectivity index (χ1) is 9.82.